The molecule has 2 nitrogen and oxygen atoms in total. The molecule has 0 radical (unpaired) electrons. The summed E-state index contributed by atoms with van der Waals surface area (Å²) < 4.78 is 5.41. The zero-order valence-corrected chi connectivity index (χ0v) is 24.4. The molecule has 0 unspecified atom stereocenters. The highest BCUT2D eigenvalue weighted by molar-refractivity contribution is 5.69. The third-order valence-electron chi connectivity index (χ3n) is 7.08. The van der Waals surface area contributed by atoms with Crippen LogP contribution >= 0.6 is 0 Å². The van der Waals surface area contributed by atoms with Crippen LogP contribution in [0.25, 0.3) is 0 Å². The van der Waals surface area contributed by atoms with Crippen LogP contribution in [-0.2, 0) is 9.53 Å². The molecule has 0 bridgehead atoms. The smallest absolute Gasteiger partial charge is 0.305 e. The van der Waals surface area contributed by atoms with E-state index in [0.717, 1.165) is 18.8 Å². The lowest BCUT2D eigenvalue weighted by Crippen LogP contribution is -2.05. The lowest BCUT2D eigenvalue weighted by atomic mass is 10.0. The van der Waals surface area contributed by atoms with Crippen molar-refractivity contribution in [2.75, 3.05) is 6.61 Å². The molecule has 0 aliphatic rings. The standard InChI is InChI=1S/C33H64O2/c1-4-5-6-7-8-9-10-11-12-13-14-15-16-17-21-24-27-30-33(34)35-31-28-25-22-19-18-20-23-26-29-32(2)3/h9-10,32H,4-8,11-31H2,1-3H3. The van der Waals surface area contributed by atoms with Gasteiger partial charge in [-0.3, -0.25) is 4.79 Å². The largest absolute Gasteiger partial charge is 0.466 e. The van der Waals surface area contributed by atoms with Crippen molar-refractivity contribution in [1.82, 2.24) is 0 Å². The highest BCUT2D eigenvalue weighted by Gasteiger charge is 2.02. The summed E-state index contributed by atoms with van der Waals surface area (Å²) >= 11 is 0. The minimum atomic E-state index is 0.0187. The number of hydrogen-bond acceptors (Lipinski definition) is 2. The highest BCUT2D eigenvalue weighted by atomic mass is 16.5. The van der Waals surface area contributed by atoms with Gasteiger partial charge < -0.3 is 4.74 Å². The number of rotatable bonds is 28. The lowest BCUT2D eigenvalue weighted by molar-refractivity contribution is -0.143. The van der Waals surface area contributed by atoms with E-state index in [9.17, 15) is 4.79 Å². The number of hydrogen-bond donors (Lipinski definition) is 0. The summed E-state index contributed by atoms with van der Waals surface area (Å²) in [4.78, 5) is 11.9. The van der Waals surface area contributed by atoms with Gasteiger partial charge in [-0.1, -0.05) is 148 Å². The summed E-state index contributed by atoms with van der Waals surface area (Å²) in [7, 11) is 0. The lowest BCUT2D eigenvalue weighted by Gasteiger charge is -2.06. The van der Waals surface area contributed by atoms with Crippen LogP contribution in [0.2, 0.25) is 0 Å². The van der Waals surface area contributed by atoms with Crippen LogP contribution in [0, 0.1) is 5.92 Å². The Morgan fingerprint density at radius 2 is 1.00 bits per heavy atom. The van der Waals surface area contributed by atoms with Crippen molar-refractivity contribution in [3.05, 3.63) is 12.2 Å². The first-order chi connectivity index (χ1) is 17.2. The van der Waals surface area contributed by atoms with Crippen molar-refractivity contribution in [2.45, 2.75) is 181 Å². The minimum absolute atomic E-state index is 0.0187. The molecule has 208 valence electrons. The summed E-state index contributed by atoms with van der Waals surface area (Å²) in [6, 6.07) is 0. The maximum Gasteiger partial charge on any atom is 0.305 e. The third-order valence-corrected chi connectivity index (χ3v) is 7.08. The number of ether oxygens (including phenoxy) is 1. The topological polar surface area (TPSA) is 26.3 Å². The average Bonchev–Trinajstić information content (AvgIpc) is 2.84. The molecule has 35 heavy (non-hydrogen) atoms. The Hall–Kier alpha value is -0.790. The molecular weight excluding hydrogens is 428 g/mol. The van der Waals surface area contributed by atoms with E-state index < -0.39 is 0 Å². The van der Waals surface area contributed by atoms with Gasteiger partial charge in [-0.2, -0.15) is 0 Å². The monoisotopic (exact) mass is 492 g/mol. The molecule has 0 heterocycles. The molecule has 0 aromatic heterocycles. The first-order valence-electron chi connectivity index (χ1n) is 16.0. The first kappa shape index (κ1) is 34.2. The molecule has 0 saturated carbocycles. The maximum atomic E-state index is 11.9. The molecule has 2 heteroatoms. The number of carbonyl (C=O) groups excluding carboxylic acids is 1. The van der Waals surface area contributed by atoms with Crippen molar-refractivity contribution < 1.29 is 9.53 Å². The highest BCUT2D eigenvalue weighted by Crippen LogP contribution is 2.14. The average molecular weight is 493 g/mol. The van der Waals surface area contributed by atoms with Gasteiger partial charge in [0.1, 0.15) is 0 Å². The summed E-state index contributed by atoms with van der Waals surface area (Å²) in [5, 5.41) is 0. The molecule has 0 aliphatic heterocycles. The van der Waals surface area contributed by atoms with Crippen LogP contribution < -0.4 is 0 Å². The van der Waals surface area contributed by atoms with E-state index in [1.54, 1.807) is 0 Å². The SMILES string of the molecule is CCCCCCC=CCCCCCCCCCCCC(=O)OCCCCCCCCCCC(C)C. The molecule has 0 aromatic rings. The van der Waals surface area contributed by atoms with Crippen LogP contribution in [-0.4, -0.2) is 12.6 Å². The summed E-state index contributed by atoms with van der Waals surface area (Å²) in [6.45, 7) is 7.52. The number of esters is 1. The van der Waals surface area contributed by atoms with Crippen molar-refractivity contribution in [2.24, 2.45) is 5.92 Å². The van der Waals surface area contributed by atoms with Crippen LogP contribution in [0.4, 0.5) is 0 Å². The number of unbranched alkanes of at least 4 members (excludes halogenated alkanes) is 20. The fraction of sp³-hybridized carbons (Fsp3) is 0.909. The summed E-state index contributed by atoms with van der Waals surface area (Å²) in [6.07, 6.45) is 36.8. The molecule has 0 spiro atoms. The molecule has 0 fully saturated rings. The second-order valence-corrected chi connectivity index (χ2v) is 11.3. The predicted octanol–water partition coefficient (Wildman–Crippen LogP) is 11.5. The van der Waals surface area contributed by atoms with Crippen LogP contribution in [0.1, 0.15) is 181 Å². The van der Waals surface area contributed by atoms with Crippen LogP contribution in [0.5, 0.6) is 0 Å². The molecule has 0 aliphatic carbocycles. The van der Waals surface area contributed by atoms with Gasteiger partial charge in [0.25, 0.3) is 0 Å². The Morgan fingerprint density at radius 3 is 1.51 bits per heavy atom. The van der Waals surface area contributed by atoms with Gasteiger partial charge in [0.05, 0.1) is 6.61 Å². The Morgan fingerprint density at radius 1 is 0.571 bits per heavy atom. The molecule has 0 atom stereocenters. The molecule has 0 N–H and O–H groups in total. The van der Waals surface area contributed by atoms with Gasteiger partial charge in [0, 0.05) is 6.42 Å². The number of allylic oxidation sites excluding steroid dienone is 2. The van der Waals surface area contributed by atoms with Gasteiger partial charge >= 0.3 is 5.97 Å². The first-order valence-corrected chi connectivity index (χ1v) is 16.0. The zero-order valence-electron chi connectivity index (χ0n) is 24.4. The van der Waals surface area contributed by atoms with E-state index in [0.29, 0.717) is 13.0 Å². The fourth-order valence-corrected chi connectivity index (χ4v) is 4.67. The van der Waals surface area contributed by atoms with E-state index in [2.05, 4.69) is 32.9 Å². The fourth-order valence-electron chi connectivity index (χ4n) is 4.67. The molecule has 0 rings (SSSR count). The second kappa shape index (κ2) is 29.4. The van der Waals surface area contributed by atoms with Gasteiger partial charge in [0.2, 0.25) is 0 Å². The van der Waals surface area contributed by atoms with E-state index in [1.807, 2.05) is 0 Å². The second-order valence-electron chi connectivity index (χ2n) is 11.3. The Kier molecular flexibility index (Phi) is 28.8. The van der Waals surface area contributed by atoms with E-state index in [-0.39, 0.29) is 5.97 Å². The van der Waals surface area contributed by atoms with Crippen molar-refractivity contribution in [3.8, 4) is 0 Å². The quantitative estimate of drug-likeness (QED) is 0.0616. The molecule has 0 saturated heterocycles. The van der Waals surface area contributed by atoms with Crippen LogP contribution in [0.3, 0.4) is 0 Å². The Bertz CT molecular complexity index is 440. The van der Waals surface area contributed by atoms with Gasteiger partial charge in [-0.05, 0) is 44.4 Å². The Labute approximate surface area is 221 Å². The van der Waals surface area contributed by atoms with Gasteiger partial charge in [-0.15, -0.1) is 0 Å². The summed E-state index contributed by atoms with van der Waals surface area (Å²) in [5.41, 5.74) is 0. The maximum absolute atomic E-state index is 11.9. The predicted molar refractivity (Wildman–Crippen MR) is 156 cm³/mol. The molecular formula is C33H64O2. The normalized spacial score (nSPS) is 11.7. The van der Waals surface area contributed by atoms with Crippen molar-refractivity contribution in [3.63, 3.8) is 0 Å². The van der Waals surface area contributed by atoms with E-state index >= 15 is 0 Å². The van der Waals surface area contributed by atoms with Gasteiger partial charge in [0.15, 0.2) is 0 Å². The zero-order chi connectivity index (χ0) is 25.7. The van der Waals surface area contributed by atoms with Crippen LogP contribution in [0.15, 0.2) is 12.2 Å². The van der Waals surface area contributed by atoms with Gasteiger partial charge in [-0.25, -0.2) is 0 Å². The summed E-state index contributed by atoms with van der Waals surface area (Å²) in [5.74, 6) is 0.870. The van der Waals surface area contributed by atoms with Crippen molar-refractivity contribution >= 4 is 5.97 Å². The Balaban J connectivity index is 3.19. The van der Waals surface area contributed by atoms with E-state index in [1.165, 1.54) is 141 Å². The van der Waals surface area contributed by atoms with E-state index in [4.69, 9.17) is 4.74 Å². The minimum Gasteiger partial charge on any atom is -0.466 e. The molecule has 0 aromatic carbocycles. The number of carbonyl (C=O) groups is 1. The molecule has 0 amide bonds. The van der Waals surface area contributed by atoms with Crippen molar-refractivity contribution in [1.29, 1.82) is 0 Å². The third kappa shape index (κ3) is 31.2.